The van der Waals surface area contributed by atoms with Gasteiger partial charge in [-0.15, -0.1) is 0 Å². The third-order valence-electron chi connectivity index (χ3n) is 2.62. The average molecular weight is 253 g/mol. The summed E-state index contributed by atoms with van der Waals surface area (Å²) in [6.45, 7) is 0.568. The van der Waals surface area contributed by atoms with Crippen molar-refractivity contribution in [2.45, 2.75) is 6.10 Å². The maximum absolute atomic E-state index is 10.6. The number of nitrogen functional groups attached to an aromatic ring is 1. The maximum atomic E-state index is 10.6. The largest absolute Gasteiger partial charge is 0.487 e. The highest BCUT2D eigenvalue weighted by Gasteiger charge is 2.32. The number of anilines is 1. The number of amides is 1. The van der Waals surface area contributed by atoms with Gasteiger partial charge < -0.3 is 20.5 Å². The van der Waals surface area contributed by atoms with Crippen molar-refractivity contribution >= 4 is 17.5 Å². The standard InChI is InChI=1S/C10H11N3O5/c11-8-3-6(1-2-9(8)13(16)17)18-7-4-12(5-7)10(14)15/h1-3,7H,4-5,11H2,(H,14,15). The van der Waals surface area contributed by atoms with E-state index < -0.39 is 11.0 Å². The van der Waals surface area contributed by atoms with E-state index in [4.69, 9.17) is 15.6 Å². The molecule has 1 fully saturated rings. The Bertz CT molecular complexity index is 498. The highest BCUT2D eigenvalue weighted by atomic mass is 16.6. The number of nitrogens with two attached hydrogens (primary N) is 1. The molecule has 18 heavy (non-hydrogen) atoms. The second kappa shape index (κ2) is 4.40. The first kappa shape index (κ1) is 12.0. The molecule has 8 nitrogen and oxygen atoms in total. The number of likely N-dealkylation sites (tertiary alicyclic amines) is 1. The summed E-state index contributed by atoms with van der Waals surface area (Å²) in [6.07, 6.45) is -1.22. The SMILES string of the molecule is Nc1cc(OC2CN(C(=O)O)C2)ccc1[N+](=O)[O-]. The first-order valence-electron chi connectivity index (χ1n) is 5.16. The molecule has 0 aromatic heterocycles. The van der Waals surface area contributed by atoms with Gasteiger partial charge in [0.1, 0.15) is 17.5 Å². The predicted molar refractivity (Wildman–Crippen MR) is 61.5 cm³/mol. The number of nitrogens with zero attached hydrogens (tertiary/aromatic N) is 2. The fraction of sp³-hybridized carbons (Fsp3) is 0.300. The zero-order chi connectivity index (χ0) is 13.3. The van der Waals surface area contributed by atoms with E-state index >= 15 is 0 Å². The van der Waals surface area contributed by atoms with Gasteiger partial charge in [0.25, 0.3) is 5.69 Å². The van der Waals surface area contributed by atoms with Crippen molar-refractivity contribution in [3.05, 3.63) is 28.3 Å². The van der Waals surface area contributed by atoms with Crippen molar-refractivity contribution in [1.29, 1.82) is 0 Å². The highest BCUT2D eigenvalue weighted by Crippen LogP contribution is 2.27. The molecule has 1 aromatic carbocycles. The number of carboxylic acid groups (broad SMARTS) is 1. The smallest absolute Gasteiger partial charge is 0.407 e. The van der Waals surface area contributed by atoms with Gasteiger partial charge in [-0.25, -0.2) is 4.79 Å². The molecule has 0 radical (unpaired) electrons. The number of benzene rings is 1. The molecule has 0 aliphatic carbocycles. The molecule has 1 aliphatic rings. The zero-order valence-electron chi connectivity index (χ0n) is 9.28. The molecule has 1 aromatic rings. The summed E-state index contributed by atoms with van der Waals surface area (Å²) in [7, 11) is 0. The molecule has 1 amide bonds. The normalized spacial score (nSPS) is 15.0. The third-order valence-corrected chi connectivity index (χ3v) is 2.62. The molecule has 1 aliphatic heterocycles. The molecule has 0 atom stereocenters. The van der Waals surface area contributed by atoms with Crippen LogP contribution in [0, 0.1) is 10.1 Å². The Kier molecular flexibility index (Phi) is 2.92. The second-order valence-electron chi connectivity index (χ2n) is 3.91. The lowest BCUT2D eigenvalue weighted by atomic mass is 10.2. The lowest BCUT2D eigenvalue weighted by molar-refractivity contribution is -0.383. The van der Waals surface area contributed by atoms with E-state index in [1.165, 1.54) is 23.1 Å². The van der Waals surface area contributed by atoms with Crippen LogP contribution in [0.3, 0.4) is 0 Å². The summed E-state index contributed by atoms with van der Waals surface area (Å²) >= 11 is 0. The molecule has 0 spiro atoms. The van der Waals surface area contributed by atoms with Crippen LogP contribution in [-0.4, -0.2) is 40.2 Å². The Morgan fingerprint density at radius 3 is 2.72 bits per heavy atom. The van der Waals surface area contributed by atoms with Crippen LogP contribution < -0.4 is 10.5 Å². The minimum Gasteiger partial charge on any atom is -0.487 e. The topological polar surface area (TPSA) is 119 Å². The molecule has 0 unspecified atom stereocenters. The van der Waals surface area contributed by atoms with E-state index in [0.29, 0.717) is 5.75 Å². The number of ether oxygens (including phenoxy) is 1. The van der Waals surface area contributed by atoms with Crippen LogP contribution in [0.15, 0.2) is 18.2 Å². The summed E-state index contributed by atoms with van der Waals surface area (Å²) in [6, 6.07) is 4.07. The quantitative estimate of drug-likeness (QED) is 0.469. The van der Waals surface area contributed by atoms with Gasteiger partial charge in [-0.3, -0.25) is 10.1 Å². The molecule has 2 rings (SSSR count). The van der Waals surface area contributed by atoms with Gasteiger partial charge in [0.15, 0.2) is 0 Å². The molecule has 0 bridgehead atoms. The van der Waals surface area contributed by atoms with Gasteiger partial charge in [0, 0.05) is 12.1 Å². The van der Waals surface area contributed by atoms with Crippen molar-refractivity contribution in [2.24, 2.45) is 0 Å². The van der Waals surface area contributed by atoms with E-state index in [2.05, 4.69) is 0 Å². The van der Waals surface area contributed by atoms with Gasteiger partial charge in [-0.1, -0.05) is 0 Å². The maximum Gasteiger partial charge on any atom is 0.407 e. The average Bonchev–Trinajstić information content (AvgIpc) is 2.21. The lowest BCUT2D eigenvalue weighted by Gasteiger charge is -2.36. The second-order valence-corrected chi connectivity index (χ2v) is 3.91. The van der Waals surface area contributed by atoms with E-state index in [1.807, 2.05) is 0 Å². The fourth-order valence-electron chi connectivity index (χ4n) is 1.63. The van der Waals surface area contributed by atoms with Crippen LogP contribution in [0.5, 0.6) is 5.75 Å². The molecule has 1 saturated heterocycles. The van der Waals surface area contributed by atoms with Crippen LogP contribution >= 0.6 is 0 Å². The predicted octanol–water partition coefficient (Wildman–Crippen LogP) is 0.918. The Morgan fingerprint density at radius 1 is 1.56 bits per heavy atom. The van der Waals surface area contributed by atoms with Crippen LogP contribution in [0.2, 0.25) is 0 Å². The van der Waals surface area contributed by atoms with Gasteiger partial charge in [0.2, 0.25) is 0 Å². The number of hydrogen-bond acceptors (Lipinski definition) is 5. The summed E-state index contributed by atoms with van der Waals surface area (Å²) < 4.78 is 5.44. The van der Waals surface area contributed by atoms with Crippen molar-refractivity contribution in [3.63, 3.8) is 0 Å². The van der Waals surface area contributed by atoms with Crippen molar-refractivity contribution < 1.29 is 19.6 Å². The summed E-state index contributed by atoms with van der Waals surface area (Å²) in [5.74, 6) is 0.396. The summed E-state index contributed by atoms with van der Waals surface area (Å²) in [5, 5.41) is 19.2. The van der Waals surface area contributed by atoms with Gasteiger partial charge >= 0.3 is 6.09 Å². The lowest BCUT2D eigenvalue weighted by Crippen LogP contribution is -2.55. The van der Waals surface area contributed by atoms with Crippen molar-refractivity contribution in [2.75, 3.05) is 18.8 Å². The summed E-state index contributed by atoms with van der Waals surface area (Å²) in [4.78, 5) is 21.7. The molecule has 3 N–H and O–H groups in total. The fourth-order valence-corrected chi connectivity index (χ4v) is 1.63. The number of rotatable bonds is 3. The Morgan fingerprint density at radius 2 is 2.22 bits per heavy atom. The van der Waals surface area contributed by atoms with E-state index in [0.717, 1.165) is 0 Å². The first-order valence-corrected chi connectivity index (χ1v) is 5.16. The Labute approximate surface area is 102 Å². The van der Waals surface area contributed by atoms with Gasteiger partial charge in [-0.2, -0.15) is 0 Å². The molecular formula is C10H11N3O5. The molecular weight excluding hydrogens is 242 g/mol. The summed E-state index contributed by atoms with van der Waals surface area (Å²) in [5.41, 5.74) is 5.35. The van der Waals surface area contributed by atoms with E-state index in [1.54, 1.807) is 0 Å². The third kappa shape index (κ3) is 2.26. The molecule has 1 heterocycles. The Hall–Kier alpha value is -2.51. The highest BCUT2D eigenvalue weighted by molar-refractivity contribution is 5.66. The number of nitro groups is 1. The zero-order valence-corrected chi connectivity index (χ0v) is 9.28. The Balaban J connectivity index is 1.98. The van der Waals surface area contributed by atoms with Gasteiger partial charge in [-0.05, 0) is 6.07 Å². The van der Waals surface area contributed by atoms with Crippen molar-refractivity contribution in [3.8, 4) is 5.75 Å². The van der Waals surface area contributed by atoms with E-state index in [-0.39, 0.29) is 30.6 Å². The minimum atomic E-state index is -0.988. The number of carbonyl (C=O) groups is 1. The number of nitro benzene ring substituents is 1. The van der Waals surface area contributed by atoms with E-state index in [9.17, 15) is 14.9 Å². The van der Waals surface area contributed by atoms with Crippen LogP contribution in [-0.2, 0) is 0 Å². The number of hydrogen-bond donors (Lipinski definition) is 2. The van der Waals surface area contributed by atoms with Crippen molar-refractivity contribution in [1.82, 2.24) is 4.90 Å². The monoisotopic (exact) mass is 253 g/mol. The van der Waals surface area contributed by atoms with Crippen LogP contribution in [0.4, 0.5) is 16.2 Å². The van der Waals surface area contributed by atoms with Gasteiger partial charge in [0.05, 0.1) is 18.0 Å². The molecule has 96 valence electrons. The first-order chi connectivity index (χ1) is 8.47. The molecule has 8 heteroatoms. The minimum absolute atomic E-state index is 0.0203. The van der Waals surface area contributed by atoms with Crippen LogP contribution in [0.1, 0.15) is 0 Å². The van der Waals surface area contributed by atoms with Crippen LogP contribution in [0.25, 0.3) is 0 Å². The molecule has 0 saturated carbocycles.